The molecule has 0 unspecified atom stereocenters. The van der Waals surface area contributed by atoms with Crippen molar-refractivity contribution in [1.82, 2.24) is 4.90 Å². The summed E-state index contributed by atoms with van der Waals surface area (Å²) in [5.41, 5.74) is 1.16. The van der Waals surface area contributed by atoms with Gasteiger partial charge in [0.1, 0.15) is 23.8 Å². The van der Waals surface area contributed by atoms with Crippen LogP contribution in [-0.2, 0) is 9.59 Å². The minimum Gasteiger partial charge on any atom is -0.496 e. The van der Waals surface area contributed by atoms with Gasteiger partial charge < -0.3 is 14.5 Å². The summed E-state index contributed by atoms with van der Waals surface area (Å²) < 4.78 is 11.2. The number of imide groups is 1. The van der Waals surface area contributed by atoms with E-state index < -0.39 is 23.6 Å². The number of ether oxygens (including phenoxy) is 1. The summed E-state index contributed by atoms with van der Waals surface area (Å²) in [7, 11) is 1.54. The van der Waals surface area contributed by atoms with Gasteiger partial charge in [0.25, 0.3) is 11.1 Å². The molecule has 0 saturated carbocycles. The molecule has 0 bridgehead atoms. The van der Waals surface area contributed by atoms with Crippen LogP contribution in [0.1, 0.15) is 5.76 Å². The standard InChI is InChI=1S/C23H16Cl2N2O5S/c1-31-18-8-4-14(25)10-17(18)19-9-7-16(32-19)11-20-22(29)27(23(30)33-20)12-21(28)26-15-5-2-13(24)3-6-15/h2-11H,12H2,1H3,(H,26,28)/b20-11+. The number of carbonyl (C=O) groups is 3. The van der Waals surface area contributed by atoms with Gasteiger partial charge in [-0.2, -0.15) is 0 Å². The molecule has 1 aliphatic rings. The number of thioether (sulfide) groups is 1. The fourth-order valence-corrected chi connectivity index (χ4v) is 4.21. The van der Waals surface area contributed by atoms with Gasteiger partial charge in [-0.1, -0.05) is 23.2 Å². The van der Waals surface area contributed by atoms with Gasteiger partial charge in [-0.25, -0.2) is 0 Å². The van der Waals surface area contributed by atoms with E-state index in [1.165, 1.54) is 13.2 Å². The molecule has 0 spiro atoms. The van der Waals surface area contributed by atoms with Gasteiger partial charge in [-0.05, 0) is 66.4 Å². The highest BCUT2D eigenvalue weighted by atomic mass is 35.5. The molecule has 1 N–H and O–H groups in total. The average molecular weight is 503 g/mol. The van der Waals surface area contributed by atoms with E-state index in [0.29, 0.717) is 38.6 Å². The predicted octanol–water partition coefficient (Wildman–Crippen LogP) is 5.94. The maximum atomic E-state index is 12.7. The van der Waals surface area contributed by atoms with Crippen molar-refractivity contribution in [2.24, 2.45) is 0 Å². The number of rotatable bonds is 6. The molecule has 2 heterocycles. The van der Waals surface area contributed by atoms with E-state index in [2.05, 4.69) is 5.32 Å². The van der Waals surface area contributed by atoms with Crippen LogP contribution in [0.15, 0.2) is 63.9 Å². The number of carbonyl (C=O) groups excluding carboxylic acids is 3. The van der Waals surface area contributed by atoms with Crippen LogP contribution >= 0.6 is 35.0 Å². The molecule has 2 aromatic carbocycles. The van der Waals surface area contributed by atoms with E-state index >= 15 is 0 Å². The lowest BCUT2D eigenvalue weighted by atomic mass is 10.1. The summed E-state index contributed by atoms with van der Waals surface area (Å²) >= 11 is 12.6. The zero-order valence-electron chi connectivity index (χ0n) is 17.1. The summed E-state index contributed by atoms with van der Waals surface area (Å²) in [4.78, 5) is 38.4. The minimum absolute atomic E-state index is 0.151. The lowest BCUT2D eigenvalue weighted by Gasteiger charge is -2.12. The van der Waals surface area contributed by atoms with Crippen molar-refractivity contribution in [3.05, 3.63) is 75.3 Å². The van der Waals surface area contributed by atoms with Crippen LogP contribution < -0.4 is 10.1 Å². The second kappa shape index (κ2) is 9.74. The number of nitrogens with zero attached hydrogens (tertiary/aromatic N) is 1. The molecule has 3 amide bonds. The van der Waals surface area contributed by atoms with Crippen LogP contribution in [0.2, 0.25) is 10.0 Å². The largest absolute Gasteiger partial charge is 0.496 e. The molecule has 1 fully saturated rings. The summed E-state index contributed by atoms with van der Waals surface area (Å²) in [5, 5.41) is 3.13. The first-order chi connectivity index (χ1) is 15.8. The Bertz CT molecular complexity index is 1270. The molecular formula is C23H16Cl2N2O5S. The molecule has 1 aliphatic heterocycles. The van der Waals surface area contributed by atoms with Crippen LogP contribution in [0, 0.1) is 0 Å². The first-order valence-corrected chi connectivity index (χ1v) is 11.2. The van der Waals surface area contributed by atoms with E-state index in [9.17, 15) is 14.4 Å². The van der Waals surface area contributed by atoms with Crippen molar-refractivity contribution < 1.29 is 23.5 Å². The third-order valence-corrected chi connectivity index (χ3v) is 6.02. The molecule has 0 radical (unpaired) electrons. The van der Waals surface area contributed by atoms with E-state index in [0.717, 1.165) is 16.7 Å². The van der Waals surface area contributed by atoms with Crippen LogP contribution in [0.3, 0.4) is 0 Å². The highest BCUT2D eigenvalue weighted by molar-refractivity contribution is 8.18. The highest BCUT2D eigenvalue weighted by Crippen LogP contribution is 2.36. The Morgan fingerprint density at radius 3 is 2.55 bits per heavy atom. The number of hydrogen-bond acceptors (Lipinski definition) is 6. The molecule has 0 atom stereocenters. The Hall–Kier alpha value is -3.20. The quantitative estimate of drug-likeness (QED) is 0.419. The minimum atomic E-state index is -0.574. The SMILES string of the molecule is COc1ccc(Cl)cc1-c1ccc(/C=C2/SC(=O)N(CC(=O)Nc3ccc(Cl)cc3)C2=O)o1. The third-order valence-electron chi connectivity index (χ3n) is 4.63. The maximum Gasteiger partial charge on any atom is 0.294 e. The Labute approximate surface area is 203 Å². The second-order valence-corrected chi connectivity index (χ2v) is 8.74. The normalized spacial score (nSPS) is 14.8. The van der Waals surface area contributed by atoms with Gasteiger partial charge in [0, 0.05) is 21.8 Å². The number of furan rings is 1. The lowest BCUT2D eigenvalue weighted by Crippen LogP contribution is -2.36. The molecule has 0 aliphatic carbocycles. The first kappa shape index (κ1) is 23.0. The fraction of sp³-hybridized carbons (Fsp3) is 0.0870. The topological polar surface area (TPSA) is 88.9 Å². The van der Waals surface area contributed by atoms with Crippen molar-refractivity contribution in [3.8, 4) is 17.1 Å². The number of halogens is 2. The van der Waals surface area contributed by atoms with Crippen LogP contribution in [-0.4, -0.2) is 35.6 Å². The molecular weight excluding hydrogens is 487 g/mol. The highest BCUT2D eigenvalue weighted by Gasteiger charge is 2.36. The smallest absolute Gasteiger partial charge is 0.294 e. The number of nitrogens with one attached hydrogen (secondary N) is 1. The van der Waals surface area contributed by atoms with Crippen LogP contribution in [0.25, 0.3) is 17.4 Å². The monoisotopic (exact) mass is 502 g/mol. The van der Waals surface area contributed by atoms with Crippen molar-refractivity contribution in [3.63, 3.8) is 0 Å². The zero-order valence-corrected chi connectivity index (χ0v) is 19.5. The fourth-order valence-electron chi connectivity index (χ4n) is 3.09. The maximum absolute atomic E-state index is 12.7. The Kier molecular flexibility index (Phi) is 6.78. The van der Waals surface area contributed by atoms with E-state index in [4.69, 9.17) is 32.4 Å². The van der Waals surface area contributed by atoms with E-state index in [1.807, 2.05) is 0 Å². The third kappa shape index (κ3) is 5.24. The molecule has 1 saturated heterocycles. The van der Waals surface area contributed by atoms with E-state index in [1.54, 1.807) is 54.6 Å². The van der Waals surface area contributed by atoms with Crippen LogP contribution in [0.5, 0.6) is 5.75 Å². The zero-order chi connectivity index (χ0) is 23.5. The van der Waals surface area contributed by atoms with Gasteiger partial charge in [-0.15, -0.1) is 0 Å². The molecule has 10 heteroatoms. The second-order valence-electron chi connectivity index (χ2n) is 6.87. The Balaban J connectivity index is 1.47. The molecule has 7 nitrogen and oxygen atoms in total. The first-order valence-electron chi connectivity index (χ1n) is 9.58. The van der Waals surface area contributed by atoms with Gasteiger partial charge in [0.15, 0.2) is 0 Å². The Morgan fingerprint density at radius 1 is 1.09 bits per heavy atom. The molecule has 3 aromatic rings. The summed E-state index contributed by atoms with van der Waals surface area (Å²) in [6, 6.07) is 15.0. The van der Waals surface area contributed by atoms with Crippen LogP contribution in [0.4, 0.5) is 10.5 Å². The summed E-state index contributed by atoms with van der Waals surface area (Å²) in [5.74, 6) is 0.349. The van der Waals surface area contributed by atoms with Gasteiger partial charge in [0.2, 0.25) is 5.91 Å². The average Bonchev–Trinajstić information content (AvgIpc) is 3.35. The van der Waals surface area contributed by atoms with Crippen molar-refractivity contribution >= 4 is 63.8 Å². The molecule has 33 heavy (non-hydrogen) atoms. The number of hydrogen-bond donors (Lipinski definition) is 1. The lowest BCUT2D eigenvalue weighted by molar-refractivity contribution is -0.127. The molecule has 168 valence electrons. The molecule has 1 aromatic heterocycles. The number of benzene rings is 2. The number of anilines is 1. The number of amides is 3. The van der Waals surface area contributed by atoms with E-state index in [-0.39, 0.29) is 4.91 Å². The van der Waals surface area contributed by atoms with Gasteiger partial charge in [-0.3, -0.25) is 19.3 Å². The van der Waals surface area contributed by atoms with Gasteiger partial charge >= 0.3 is 0 Å². The van der Waals surface area contributed by atoms with Gasteiger partial charge in [0.05, 0.1) is 17.6 Å². The van der Waals surface area contributed by atoms with Crippen molar-refractivity contribution in [2.75, 3.05) is 19.0 Å². The summed E-state index contributed by atoms with van der Waals surface area (Å²) in [6.07, 6.45) is 1.46. The van der Waals surface area contributed by atoms with Crippen molar-refractivity contribution in [2.45, 2.75) is 0 Å². The predicted molar refractivity (Wildman–Crippen MR) is 128 cm³/mol. The van der Waals surface area contributed by atoms with Crippen molar-refractivity contribution in [1.29, 1.82) is 0 Å². The Morgan fingerprint density at radius 2 is 1.82 bits per heavy atom. The summed E-state index contributed by atoms with van der Waals surface area (Å²) in [6.45, 7) is -0.409. The number of methoxy groups -OCH3 is 1. The molecule has 4 rings (SSSR count).